The van der Waals surface area contributed by atoms with Crippen LogP contribution in [-0.2, 0) is 23.9 Å². The normalized spacial score (nSPS) is 40.8. The molecule has 4 fully saturated rings. The van der Waals surface area contributed by atoms with Crippen LogP contribution in [-0.4, -0.2) is 44.5 Å². The lowest BCUT2D eigenvalue weighted by Gasteiger charge is -2.33. The van der Waals surface area contributed by atoms with Gasteiger partial charge < -0.3 is 0 Å². The van der Waals surface area contributed by atoms with E-state index in [0.29, 0.717) is 18.4 Å². The molecule has 0 aromatic heterocycles. The molecule has 7 heteroatoms. The Morgan fingerprint density at radius 2 is 1.52 bits per heavy atom. The highest BCUT2D eigenvalue weighted by molar-refractivity contribution is 7.85. The molecule has 1 aliphatic heterocycles. The topological polar surface area (TPSA) is 80.8 Å². The summed E-state index contributed by atoms with van der Waals surface area (Å²) in [6, 6.07) is 0. The van der Waals surface area contributed by atoms with Crippen LogP contribution in [0.5, 0.6) is 0 Å². The summed E-state index contributed by atoms with van der Waals surface area (Å²) >= 11 is 0. The maximum atomic E-state index is 12.9. The van der Waals surface area contributed by atoms with E-state index in [1.54, 1.807) is 0 Å². The van der Waals surface area contributed by atoms with E-state index < -0.39 is 10.1 Å². The van der Waals surface area contributed by atoms with Crippen molar-refractivity contribution in [2.45, 2.75) is 44.9 Å². The average molecular weight is 369 g/mol. The van der Waals surface area contributed by atoms with Crippen LogP contribution in [0.25, 0.3) is 0 Å². The van der Waals surface area contributed by atoms with Gasteiger partial charge in [-0.15, -0.1) is 0 Å². The van der Waals surface area contributed by atoms with Gasteiger partial charge in [0.05, 0.1) is 24.7 Å². The van der Waals surface area contributed by atoms with Crippen LogP contribution >= 0.6 is 0 Å². The molecular formula is C18H27NO5S. The van der Waals surface area contributed by atoms with Gasteiger partial charge in [0.15, 0.2) is 0 Å². The minimum atomic E-state index is -3.46. The van der Waals surface area contributed by atoms with E-state index >= 15 is 0 Å². The van der Waals surface area contributed by atoms with Gasteiger partial charge in [0.2, 0.25) is 11.8 Å². The molecule has 0 N–H and O–H groups in total. The molecule has 0 aromatic carbocycles. The molecule has 1 saturated heterocycles. The minimum Gasteiger partial charge on any atom is -0.282 e. The fourth-order valence-electron chi connectivity index (χ4n) is 5.84. The van der Waals surface area contributed by atoms with Gasteiger partial charge in [0.1, 0.15) is 0 Å². The number of amides is 2. The Hall–Kier alpha value is -0.950. The summed E-state index contributed by atoms with van der Waals surface area (Å²) in [5.74, 6) is 1.01. The second-order valence-electron chi connectivity index (χ2n) is 8.47. The van der Waals surface area contributed by atoms with Crippen molar-refractivity contribution in [3.8, 4) is 0 Å². The third-order valence-electron chi connectivity index (χ3n) is 7.00. The lowest BCUT2D eigenvalue weighted by atomic mass is 9.79. The molecule has 140 valence electrons. The molecule has 0 aromatic rings. The Labute approximate surface area is 149 Å². The van der Waals surface area contributed by atoms with E-state index in [1.165, 1.54) is 4.90 Å². The SMILES string of the molecule is CS(=O)(=O)OC[C@@H]1CCCC[C@H]1CN1C(=O)C2C(C1=O)[C@H]1CC[C@@H]2C1. The number of nitrogens with zero attached hydrogens (tertiary/aromatic N) is 1. The summed E-state index contributed by atoms with van der Waals surface area (Å²) in [5.41, 5.74) is 0. The Bertz CT molecular complexity index is 647. The van der Waals surface area contributed by atoms with Crippen molar-refractivity contribution in [3.63, 3.8) is 0 Å². The van der Waals surface area contributed by atoms with Gasteiger partial charge >= 0.3 is 0 Å². The van der Waals surface area contributed by atoms with Gasteiger partial charge in [-0.2, -0.15) is 8.42 Å². The summed E-state index contributed by atoms with van der Waals surface area (Å²) in [6.45, 7) is 0.611. The van der Waals surface area contributed by atoms with Gasteiger partial charge in [-0.3, -0.25) is 18.7 Å². The number of hydrogen-bond donors (Lipinski definition) is 0. The molecule has 6 nitrogen and oxygen atoms in total. The van der Waals surface area contributed by atoms with Crippen molar-refractivity contribution in [2.24, 2.45) is 35.5 Å². The second-order valence-corrected chi connectivity index (χ2v) is 10.1. The van der Waals surface area contributed by atoms with E-state index in [2.05, 4.69) is 0 Å². The third-order valence-corrected chi connectivity index (χ3v) is 7.56. The fourth-order valence-corrected chi connectivity index (χ4v) is 6.26. The van der Waals surface area contributed by atoms with Gasteiger partial charge in [-0.25, -0.2) is 0 Å². The average Bonchev–Trinajstić information content (AvgIpc) is 3.23. The summed E-state index contributed by atoms with van der Waals surface area (Å²) in [7, 11) is -3.46. The van der Waals surface area contributed by atoms with E-state index in [-0.39, 0.29) is 42.1 Å². The first-order valence-electron chi connectivity index (χ1n) is 9.55. The number of carbonyl (C=O) groups is 2. The van der Waals surface area contributed by atoms with Gasteiger partial charge in [0, 0.05) is 6.54 Å². The third kappa shape index (κ3) is 3.14. The molecule has 2 unspecified atom stereocenters. The van der Waals surface area contributed by atoms with Crippen LogP contribution in [0.3, 0.4) is 0 Å². The molecule has 2 bridgehead atoms. The van der Waals surface area contributed by atoms with Gasteiger partial charge in [0.25, 0.3) is 10.1 Å². The monoisotopic (exact) mass is 369 g/mol. The molecule has 6 atom stereocenters. The summed E-state index contributed by atoms with van der Waals surface area (Å²) < 4.78 is 27.6. The maximum absolute atomic E-state index is 12.9. The van der Waals surface area contributed by atoms with E-state index in [1.807, 2.05) is 0 Å². The molecule has 3 saturated carbocycles. The number of imide groups is 1. The van der Waals surface area contributed by atoms with Crippen LogP contribution in [0.2, 0.25) is 0 Å². The second kappa shape index (κ2) is 6.34. The molecular weight excluding hydrogens is 342 g/mol. The van der Waals surface area contributed by atoms with Crippen molar-refractivity contribution in [2.75, 3.05) is 19.4 Å². The fraction of sp³-hybridized carbons (Fsp3) is 0.889. The van der Waals surface area contributed by atoms with Crippen LogP contribution in [0, 0.1) is 35.5 Å². The van der Waals surface area contributed by atoms with E-state index in [4.69, 9.17) is 4.18 Å². The van der Waals surface area contributed by atoms with Crippen molar-refractivity contribution in [1.29, 1.82) is 0 Å². The zero-order valence-corrected chi connectivity index (χ0v) is 15.5. The standard InChI is InChI=1S/C18H27NO5S/c1-25(22,23)24-10-14-5-3-2-4-13(14)9-19-17(20)15-11-6-7-12(8-11)16(15)18(19)21/h11-16H,2-10H2,1H3/t11-,12+,13-,14-,15?,16?/m0/s1. The van der Waals surface area contributed by atoms with Crippen LogP contribution in [0.1, 0.15) is 44.9 Å². The van der Waals surface area contributed by atoms with E-state index in [9.17, 15) is 18.0 Å². The van der Waals surface area contributed by atoms with Crippen molar-refractivity contribution >= 4 is 21.9 Å². The number of likely N-dealkylation sites (tertiary alicyclic amines) is 1. The highest BCUT2D eigenvalue weighted by Crippen LogP contribution is 2.56. The van der Waals surface area contributed by atoms with Crippen molar-refractivity contribution < 1.29 is 22.2 Å². The maximum Gasteiger partial charge on any atom is 0.264 e. The molecule has 1 heterocycles. The first kappa shape index (κ1) is 17.5. The minimum absolute atomic E-state index is 0.0376. The summed E-state index contributed by atoms with van der Waals surface area (Å²) in [5, 5.41) is 0. The summed E-state index contributed by atoms with van der Waals surface area (Å²) in [6.07, 6.45) is 8.23. The smallest absolute Gasteiger partial charge is 0.264 e. The molecule has 2 amide bonds. The zero-order chi connectivity index (χ0) is 17.8. The van der Waals surface area contributed by atoms with Crippen LogP contribution in [0.4, 0.5) is 0 Å². The van der Waals surface area contributed by atoms with Crippen LogP contribution < -0.4 is 0 Å². The zero-order valence-electron chi connectivity index (χ0n) is 14.7. The number of hydrogen-bond acceptors (Lipinski definition) is 5. The lowest BCUT2D eigenvalue weighted by molar-refractivity contribution is -0.142. The molecule has 4 rings (SSSR count). The van der Waals surface area contributed by atoms with Crippen molar-refractivity contribution in [3.05, 3.63) is 0 Å². The van der Waals surface area contributed by atoms with Crippen LogP contribution in [0.15, 0.2) is 0 Å². The highest BCUT2D eigenvalue weighted by Gasteiger charge is 2.61. The number of fused-ring (bicyclic) bond motifs is 5. The van der Waals surface area contributed by atoms with E-state index in [0.717, 1.165) is 51.2 Å². The van der Waals surface area contributed by atoms with Gasteiger partial charge in [-0.05, 0) is 55.8 Å². The highest BCUT2D eigenvalue weighted by atomic mass is 32.2. The molecule has 25 heavy (non-hydrogen) atoms. The predicted molar refractivity (Wildman–Crippen MR) is 90.8 cm³/mol. The Kier molecular flexibility index (Phi) is 4.43. The largest absolute Gasteiger partial charge is 0.282 e. The Balaban J connectivity index is 1.45. The predicted octanol–water partition coefficient (Wildman–Crippen LogP) is 1.80. The first-order valence-corrected chi connectivity index (χ1v) is 11.4. The molecule has 4 aliphatic rings. The van der Waals surface area contributed by atoms with Gasteiger partial charge in [-0.1, -0.05) is 12.8 Å². The molecule has 0 radical (unpaired) electrons. The molecule has 3 aliphatic carbocycles. The quantitative estimate of drug-likeness (QED) is 0.545. The molecule has 0 spiro atoms. The number of carbonyl (C=O) groups excluding carboxylic acids is 2. The van der Waals surface area contributed by atoms with Crippen molar-refractivity contribution in [1.82, 2.24) is 4.90 Å². The Morgan fingerprint density at radius 1 is 0.960 bits per heavy atom. The first-order chi connectivity index (χ1) is 11.8. The Morgan fingerprint density at radius 3 is 2.08 bits per heavy atom. The number of rotatable bonds is 5. The summed E-state index contributed by atoms with van der Waals surface area (Å²) in [4.78, 5) is 27.2. The lowest BCUT2D eigenvalue weighted by Crippen LogP contribution is -2.40.